The zero-order valence-corrected chi connectivity index (χ0v) is 20.4. The second-order valence-electron chi connectivity index (χ2n) is 6.33. The maximum Gasteiger partial charge on any atom is 1.00 e. The van der Waals surface area contributed by atoms with E-state index >= 15 is 0 Å². The number of thiazole rings is 1. The van der Waals surface area contributed by atoms with Gasteiger partial charge in [0.05, 0.1) is 6.04 Å². The Bertz CT molecular complexity index is 1080. The predicted octanol–water partition coefficient (Wildman–Crippen LogP) is -3.13. The number of anilines is 1. The fraction of sp³-hybridized carbons (Fsp3) is 0.294. The molecule has 0 saturated carbocycles. The minimum atomic E-state index is -5.02. The van der Waals surface area contributed by atoms with Crippen LogP contribution in [0.3, 0.4) is 0 Å². The third kappa shape index (κ3) is 5.81. The molecule has 2 atom stereocenters. The van der Waals surface area contributed by atoms with Crippen LogP contribution < -0.4 is 40.6 Å². The number of nitrogens with zero attached hydrogens (tertiary/aromatic N) is 3. The summed E-state index contributed by atoms with van der Waals surface area (Å²) in [5, 5.41) is 7.73. The van der Waals surface area contributed by atoms with Crippen molar-refractivity contribution in [2.24, 2.45) is 5.16 Å². The number of benzene rings is 1. The van der Waals surface area contributed by atoms with Gasteiger partial charge in [-0.05, 0) is 18.4 Å². The molecule has 2 heterocycles. The Morgan fingerprint density at radius 1 is 1.39 bits per heavy atom. The van der Waals surface area contributed by atoms with Crippen LogP contribution in [0.4, 0.5) is 5.13 Å². The Kier molecular flexibility index (Phi) is 8.57. The number of hydrogen-bond donors (Lipinski definition) is 2. The zero-order valence-electron chi connectivity index (χ0n) is 16.7. The van der Waals surface area contributed by atoms with Crippen molar-refractivity contribution < 1.29 is 57.0 Å². The van der Waals surface area contributed by atoms with E-state index in [4.69, 9.17) is 5.73 Å². The molecule has 0 spiro atoms. The summed E-state index contributed by atoms with van der Waals surface area (Å²) in [6, 6.07) is 6.90. The molecule has 31 heavy (non-hydrogen) atoms. The van der Waals surface area contributed by atoms with Crippen molar-refractivity contribution >= 4 is 44.3 Å². The molecular weight excluding hydrogens is 457 g/mol. The van der Waals surface area contributed by atoms with Crippen LogP contribution in [0.25, 0.3) is 0 Å². The minimum Gasteiger partial charge on any atom is -0.731 e. The van der Waals surface area contributed by atoms with Crippen LogP contribution in [0.5, 0.6) is 0 Å². The second kappa shape index (κ2) is 10.5. The van der Waals surface area contributed by atoms with E-state index in [9.17, 15) is 22.6 Å². The van der Waals surface area contributed by atoms with E-state index in [-0.39, 0.29) is 56.8 Å². The molecule has 11 nitrogen and oxygen atoms in total. The van der Waals surface area contributed by atoms with Gasteiger partial charge in [0.25, 0.3) is 11.8 Å². The second-order valence-corrected chi connectivity index (χ2v) is 8.47. The summed E-state index contributed by atoms with van der Waals surface area (Å²) in [5.41, 5.74) is 6.37. The Morgan fingerprint density at radius 3 is 2.61 bits per heavy atom. The number of nitrogens with two attached hydrogens (primary N) is 1. The van der Waals surface area contributed by atoms with Crippen molar-refractivity contribution in [3.8, 4) is 0 Å². The third-order valence-corrected chi connectivity index (χ3v) is 6.04. The molecule has 1 aromatic heterocycles. The van der Waals surface area contributed by atoms with Gasteiger partial charge in [0.1, 0.15) is 18.8 Å². The Labute approximate surface area is 204 Å². The van der Waals surface area contributed by atoms with E-state index in [0.29, 0.717) is 6.42 Å². The van der Waals surface area contributed by atoms with Gasteiger partial charge in [-0.25, -0.2) is 17.7 Å². The van der Waals surface area contributed by atoms with Crippen LogP contribution >= 0.6 is 11.3 Å². The van der Waals surface area contributed by atoms with Gasteiger partial charge in [0, 0.05) is 5.38 Å². The first-order chi connectivity index (χ1) is 14.2. The fourth-order valence-corrected chi connectivity index (χ4v) is 4.54. The van der Waals surface area contributed by atoms with E-state index in [1.54, 1.807) is 0 Å². The molecule has 1 saturated heterocycles. The van der Waals surface area contributed by atoms with Crippen LogP contribution in [0, 0.1) is 0 Å². The van der Waals surface area contributed by atoms with Gasteiger partial charge in [-0.1, -0.05) is 35.5 Å². The summed E-state index contributed by atoms with van der Waals surface area (Å²) < 4.78 is 34.8. The number of aromatic nitrogens is 1. The molecule has 3 N–H and O–H groups in total. The van der Waals surface area contributed by atoms with Crippen LogP contribution in [0.1, 0.15) is 17.7 Å². The van der Waals surface area contributed by atoms with E-state index in [1.807, 2.05) is 30.3 Å². The SMILES string of the molecule is CO/N=C(\C(=O)N[C@H]1C(=O)N(S(=O)(=O)[O-])[C@H]1CCc1ccccc1)c1csc(N)n1.[Na+]. The molecule has 1 aromatic carbocycles. The first-order valence-corrected chi connectivity index (χ1v) is 10.9. The molecule has 0 unspecified atom stereocenters. The summed E-state index contributed by atoms with van der Waals surface area (Å²) >= 11 is 1.08. The maximum atomic E-state index is 12.7. The van der Waals surface area contributed by atoms with Crippen molar-refractivity contribution in [3.05, 3.63) is 47.0 Å². The van der Waals surface area contributed by atoms with Gasteiger partial charge >= 0.3 is 29.6 Å². The zero-order chi connectivity index (χ0) is 21.9. The fourth-order valence-electron chi connectivity index (χ4n) is 3.10. The smallest absolute Gasteiger partial charge is 0.731 e. The third-order valence-electron chi connectivity index (χ3n) is 4.43. The first kappa shape index (κ1) is 25.2. The van der Waals surface area contributed by atoms with Crippen molar-refractivity contribution in [3.63, 3.8) is 0 Å². The minimum absolute atomic E-state index is 0. The number of carbonyl (C=O) groups excluding carboxylic acids is 2. The molecule has 1 fully saturated rings. The van der Waals surface area contributed by atoms with Crippen LogP contribution in [-0.4, -0.2) is 59.0 Å². The number of nitrogen functional groups attached to an aromatic ring is 1. The largest absolute Gasteiger partial charge is 1.00 e. The van der Waals surface area contributed by atoms with Crippen LogP contribution in [0.2, 0.25) is 0 Å². The summed E-state index contributed by atoms with van der Waals surface area (Å²) in [5.74, 6) is -1.82. The quantitative estimate of drug-likeness (QED) is 0.133. The molecule has 2 amide bonds. The topological polar surface area (TPSA) is 167 Å². The van der Waals surface area contributed by atoms with Gasteiger partial charge in [0.2, 0.25) is 0 Å². The number of β-lactam (4-membered cyclic amide) rings is 1. The Morgan fingerprint density at radius 2 is 2.06 bits per heavy atom. The Hall–Kier alpha value is -2.03. The summed E-state index contributed by atoms with van der Waals surface area (Å²) in [6.07, 6.45) is 0.557. The Balaban J connectivity index is 0.00000341. The summed E-state index contributed by atoms with van der Waals surface area (Å²) in [6.45, 7) is 0. The van der Waals surface area contributed by atoms with Gasteiger partial charge in [-0.2, -0.15) is 0 Å². The number of rotatable bonds is 8. The van der Waals surface area contributed by atoms with Gasteiger partial charge in [0.15, 0.2) is 21.1 Å². The molecule has 160 valence electrons. The van der Waals surface area contributed by atoms with E-state index in [0.717, 1.165) is 16.9 Å². The van der Waals surface area contributed by atoms with Crippen molar-refractivity contribution in [2.75, 3.05) is 12.8 Å². The average Bonchev–Trinajstić information content (AvgIpc) is 3.12. The molecule has 0 aliphatic carbocycles. The molecule has 3 rings (SSSR count). The molecule has 2 aromatic rings. The number of nitrogens with one attached hydrogen (secondary N) is 1. The van der Waals surface area contributed by atoms with Crippen molar-refractivity contribution in [1.29, 1.82) is 0 Å². The number of hydrogen-bond acceptors (Lipinski definition) is 10. The van der Waals surface area contributed by atoms with E-state index < -0.39 is 34.2 Å². The molecule has 14 heteroatoms. The normalized spacial score (nSPS) is 18.7. The predicted molar refractivity (Wildman–Crippen MR) is 107 cm³/mol. The average molecular weight is 475 g/mol. The van der Waals surface area contributed by atoms with Gasteiger partial charge < -0.3 is 20.4 Å². The van der Waals surface area contributed by atoms with Crippen LogP contribution in [0.15, 0.2) is 40.9 Å². The van der Waals surface area contributed by atoms with E-state index in [2.05, 4.69) is 20.3 Å². The molecule has 0 bridgehead atoms. The molecule has 1 aliphatic heterocycles. The van der Waals surface area contributed by atoms with E-state index in [1.165, 1.54) is 12.5 Å². The van der Waals surface area contributed by atoms with Crippen molar-refractivity contribution in [1.82, 2.24) is 14.6 Å². The number of aryl methyl sites for hydroxylation is 1. The standard InChI is InChI=1S/C17H19N5O6S2.Na/c1-28-21-13(11-9-29-17(18)19-11)15(23)20-14-12(22(16(14)24)30(25,26)27)8-7-10-5-3-2-4-6-10;/h2-6,9,12,14H,7-8H2,1H3,(H2,18,19)(H,20,23)(H,25,26,27);/q;+1/p-1/b21-13-;/t12-,14+;/m0./s1. The number of amides is 2. The van der Waals surface area contributed by atoms with Gasteiger partial charge in [-0.3, -0.25) is 9.59 Å². The molecule has 1 aliphatic rings. The summed E-state index contributed by atoms with van der Waals surface area (Å²) in [4.78, 5) is 33.6. The van der Waals surface area contributed by atoms with Crippen LogP contribution in [-0.2, 0) is 31.2 Å². The molecule has 0 radical (unpaired) electrons. The van der Waals surface area contributed by atoms with Gasteiger partial charge in [-0.15, -0.1) is 11.3 Å². The first-order valence-electron chi connectivity index (χ1n) is 8.68. The molecular formula is C17H18N5NaO6S2. The maximum absolute atomic E-state index is 12.7. The summed E-state index contributed by atoms with van der Waals surface area (Å²) in [7, 11) is -3.79. The monoisotopic (exact) mass is 475 g/mol. The number of oxime groups is 1. The van der Waals surface area contributed by atoms with Crippen molar-refractivity contribution in [2.45, 2.75) is 24.9 Å². The number of carbonyl (C=O) groups is 2.